The van der Waals surface area contributed by atoms with Crippen molar-refractivity contribution in [3.05, 3.63) is 11.6 Å². The van der Waals surface area contributed by atoms with Gasteiger partial charge in [0.2, 0.25) is 0 Å². The van der Waals surface area contributed by atoms with Crippen LogP contribution in [0.3, 0.4) is 0 Å². The van der Waals surface area contributed by atoms with Crippen LogP contribution in [0.5, 0.6) is 0 Å². The van der Waals surface area contributed by atoms with Crippen LogP contribution in [0.4, 0.5) is 0 Å². The second kappa shape index (κ2) is 18.0. The van der Waals surface area contributed by atoms with Crippen LogP contribution in [0.15, 0.2) is 11.6 Å². The second-order valence-electron chi connectivity index (χ2n) is 23.5. The molecular formula is C48H78O18. The van der Waals surface area contributed by atoms with Gasteiger partial charge in [0.15, 0.2) is 18.9 Å². The molecule has 23 unspecified atom stereocenters. The van der Waals surface area contributed by atoms with Gasteiger partial charge in [0.1, 0.15) is 73.2 Å². The minimum absolute atomic E-state index is 0.00945. The summed E-state index contributed by atoms with van der Waals surface area (Å²) in [5, 5.41) is 117. The van der Waals surface area contributed by atoms with Gasteiger partial charge in [-0.3, -0.25) is 4.79 Å². The van der Waals surface area contributed by atoms with Crippen molar-refractivity contribution < 1.29 is 89.4 Å². The Kier molecular flexibility index (Phi) is 13.9. The normalized spacial score (nSPS) is 53.3. The van der Waals surface area contributed by atoms with Gasteiger partial charge in [-0.25, -0.2) is 0 Å². The first kappa shape index (κ1) is 50.9. The number of rotatable bonds is 10. The maximum Gasteiger partial charge on any atom is 0.310 e. The Morgan fingerprint density at radius 1 is 0.606 bits per heavy atom. The molecule has 3 saturated heterocycles. The molecule has 0 spiro atoms. The number of aliphatic hydroxyl groups is 10. The van der Waals surface area contributed by atoms with Crippen molar-refractivity contribution >= 4 is 5.97 Å². The molecule has 11 N–H and O–H groups in total. The largest absolute Gasteiger partial charge is 0.481 e. The van der Waals surface area contributed by atoms with Crippen LogP contribution < -0.4 is 0 Å². The molecule has 0 aromatic carbocycles. The van der Waals surface area contributed by atoms with Crippen molar-refractivity contribution in [1.82, 2.24) is 0 Å². The van der Waals surface area contributed by atoms with Gasteiger partial charge in [0.05, 0.1) is 31.3 Å². The van der Waals surface area contributed by atoms with Crippen molar-refractivity contribution in [2.24, 2.45) is 50.2 Å². The van der Waals surface area contributed by atoms with Crippen LogP contribution in [0.2, 0.25) is 0 Å². The molecule has 378 valence electrons. The molecule has 0 aromatic rings. The molecule has 3 aliphatic heterocycles. The molecule has 18 nitrogen and oxygen atoms in total. The lowest BCUT2D eigenvalue weighted by molar-refractivity contribution is -0.399. The molecule has 8 rings (SSSR count). The summed E-state index contributed by atoms with van der Waals surface area (Å²) in [6, 6.07) is 0. The molecule has 5 aliphatic carbocycles. The molecular weight excluding hydrogens is 865 g/mol. The van der Waals surface area contributed by atoms with Crippen LogP contribution >= 0.6 is 0 Å². The van der Waals surface area contributed by atoms with Gasteiger partial charge in [0.25, 0.3) is 0 Å². The van der Waals surface area contributed by atoms with E-state index in [4.69, 9.17) is 28.4 Å². The van der Waals surface area contributed by atoms with Crippen LogP contribution in [0.1, 0.15) is 113 Å². The molecule has 0 aromatic heterocycles. The van der Waals surface area contributed by atoms with Crippen molar-refractivity contribution in [2.75, 3.05) is 19.8 Å². The summed E-state index contributed by atoms with van der Waals surface area (Å²) in [5.74, 6) is -0.261. The van der Waals surface area contributed by atoms with E-state index in [1.165, 1.54) is 5.57 Å². The number of ether oxygens (including phenoxy) is 6. The third-order valence-corrected chi connectivity index (χ3v) is 19.4. The molecule has 0 radical (unpaired) electrons. The Balaban J connectivity index is 1.10. The van der Waals surface area contributed by atoms with Crippen molar-refractivity contribution in [3.8, 4) is 0 Å². The van der Waals surface area contributed by atoms with Gasteiger partial charge in [-0.2, -0.15) is 0 Å². The predicted molar refractivity (Wildman–Crippen MR) is 231 cm³/mol. The monoisotopic (exact) mass is 943 g/mol. The minimum atomic E-state index is -1.90. The molecule has 4 saturated carbocycles. The molecule has 8 aliphatic rings. The lowest BCUT2D eigenvalue weighted by Gasteiger charge is -2.71. The zero-order valence-electron chi connectivity index (χ0n) is 39.5. The maximum absolute atomic E-state index is 13.2. The first-order valence-electron chi connectivity index (χ1n) is 24.3. The summed E-state index contributed by atoms with van der Waals surface area (Å²) < 4.78 is 37.1. The van der Waals surface area contributed by atoms with Gasteiger partial charge in [-0.1, -0.05) is 60.1 Å². The van der Waals surface area contributed by atoms with Crippen LogP contribution in [-0.2, 0) is 33.2 Å². The number of carboxylic acids is 1. The molecule has 7 fully saturated rings. The van der Waals surface area contributed by atoms with E-state index in [9.17, 15) is 61.0 Å². The van der Waals surface area contributed by atoms with E-state index in [1.54, 1.807) is 0 Å². The van der Waals surface area contributed by atoms with E-state index in [0.29, 0.717) is 19.3 Å². The van der Waals surface area contributed by atoms with E-state index in [0.717, 1.165) is 44.9 Å². The van der Waals surface area contributed by atoms with Crippen molar-refractivity contribution in [1.29, 1.82) is 0 Å². The van der Waals surface area contributed by atoms with Crippen LogP contribution in [0, 0.1) is 50.2 Å². The fourth-order valence-electron chi connectivity index (χ4n) is 15.1. The highest BCUT2D eigenvalue weighted by Gasteiger charge is 2.70. The Morgan fingerprint density at radius 2 is 1.14 bits per heavy atom. The highest BCUT2D eigenvalue weighted by Crippen LogP contribution is 2.76. The smallest absolute Gasteiger partial charge is 0.310 e. The number of carbonyl (C=O) groups is 1. The Morgan fingerprint density at radius 3 is 1.70 bits per heavy atom. The fraction of sp³-hybridized carbons (Fsp3) is 0.938. The SMILES string of the molecule is CC1(C)CCC2(C(=O)O)CCC3(C)C(=CCC4C5(C)CCC(OC6OC(CO)C(O)C(OC7OC(CO)C(O)C(O)C7O)C6OC6OC(CO)C(O)C(O)C6O)C(C)(C)C5CCC43C)C2C1. The molecule has 23 atom stereocenters. The van der Waals surface area contributed by atoms with E-state index in [-0.39, 0.29) is 39.4 Å². The summed E-state index contributed by atoms with van der Waals surface area (Å²) in [6.07, 6.45) is -15.3. The van der Waals surface area contributed by atoms with E-state index < -0.39 is 135 Å². The summed E-state index contributed by atoms with van der Waals surface area (Å²) in [7, 11) is 0. The van der Waals surface area contributed by atoms with E-state index in [2.05, 4.69) is 54.5 Å². The second-order valence-corrected chi connectivity index (χ2v) is 23.5. The minimum Gasteiger partial charge on any atom is -0.481 e. The van der Waals surface area contributed by atoms with Crippen molar-refractivity contribution in [2.45, 2.75) is 211 Å². The molecule has 3 heterocycles. The maximum atomic E-state index is 13.2. The number of aliphatic carboxylic acids is 1. The number of aliphatic hydroxyl groups excluding tert-OH is 10. The zero-order chi connectivity index (χ0) is 48.3. The summed E-state index contributed by atoms with van der Waals surface area (Å²) >= 11 is 0. The zero-order valence-corrected chi connectivity index (χ0v) is 39.5. The standard InChI is InChI=1S/C48H78O18/c1-43(2)14-16-48(42(59)60)17-15-46(6)22(23(48)18-43)8-9-28-45(5)12-11-29(44(3,4)27(45)10-13-47(28,46)7)64-41-38(66-40-36(58)34(56)31(53)25(20-50)62-40)37(32(54)26(21-51)63-41)65-39-35(57)33(55)30(52)24(19-49)61-39/h8,23-41,49-58H,9-21H2,1-7H3,(H,59,60). The molecule has 18 heteroatoms. The molecule has 0 amide bonds. The third kappa shape index (κ3) is 7.87. The summed E-state index contributed by atoms with van der Waals surface area (Å²) in [6.45, 7) is 13.9. The van der Waals surface area contributed by atoms with Crippen LogP contribution in [0.25, 0.3) is 0 Å². The van der Waals surface area contributed by atoms with Crippen LogP contribution in [-0.4, -0.2) is 180 Å². The van der Waals surface area contributed by atoms with E-state index >= 15 is 0 Å². The van der Waals surface area contributed by atoms with Gasteiger partial charge in [0, 0.05) is 0 Å². The van der Waals surface area contributed by atoms with E-state index in [1.807, 2.05) is 0 Å². The van der Waals surface area contributed by atoms with Gasteiger partial charge in [-0.15, -0.1) is 0 Å². The number of hydrogen-bond donors (Lipinski definition) is 11. The summed E-state index contributed by atoms with van der Waals surface area (Å²) in [5.41, 5.74) is -0.317. The third-order valence-electron chi connectivity index (χ3n) is 19.4. The molecule has 66 heavy (non-hydrogen) atoms. The Hall–Kier alpha value is -1.43. The fourth-order valence-corrected chi connectivity index (χ4v) is 15.1. The number of hydrogen-bond acceptors (Lipinski definition) is 17. The quantitative estimate of drug-likeness (QED) is 0.106. The first-order chi connectivity index (χ1) is 30.9. The topological polar surface area (TPSA) is 295 Å². The van der Waals surface area contributed by atoms with Crippen molar-refractivity contribution in [3.63, 3.8) is 0 Å². The Bertz CT molecular complexity index is 1790. The predicted octanol–water partition coefficient (Wildman–Crippen LogP) is 0.706. The van der Waals surface area contributed by atoms with Gasteiger partial charge < -0.3 is 84.6 Å². The van der Waals surface area contributed by atoms with Gasteiger partial charge in [-0.05, 0) is 109 Å². The molecule has 0 bridgehead atoms. The highest BCUT2D eigenvalue weighted by atomic mass is 16.8. The number of allylic oxidation sites excluding steroid dienone is 2. The average Bonchev–Trinajstić information content (AvgIpc) is 3.26. The number of fused-ring (bicyclic) bond motifs is 7. The highest BCUT2D eigenvalue weighted by molar-refractivity contribution is 5.76. The lowest BCUT2D eigenvalue weighted by atomic mass is 9.33. The first-order valence-corrected chi connectivity index (χ1v) is 24.3. The Labute approximate surface area is 387 Å². The van der Waals surface area contributed by atoms with Gasteiger partial charge >= 0.3 is 5.97 Å². The average molecular weight is 943 g/mol. The number of carboxylic acid groups (broad SMARTS) is 1. The summed E-state index contributed by atoms with van der Waals surface area (Å²) in [4.78, 5) is 13.2. The lowest BCUT2D eigenvalue weighted by Crippen LogP contribution is -2.68.